The molecule has 2 aromatic carbocycles. The summed E-state index contributed by atoms with van der Waals surface area (Å²) in [6, 6.07) is 9.30. The first-order valence-electron chi connectivity index (χ1n) is 9.45. The Morgan fingerprint density at radius 2 is 1.60 bits per heavy atom. The van der Waals surface area contributed by atoms with Gasteiger partial charge in [-0.3, -0.25) is 9.59 Å². The number of aliphatic hydroxyl groups is 1. The molecule has 0 unspecified atom stereocenters. The van der Waals surface area contributed by atoms with Crippen LogP contribution in [0.1, 0.15) is 38.8 Å². The van der Waals surface area contributed by atoms with Gasteiger partial charge in [-0.2, -0.15) is 0 Å². The summed E-state index contributed by atoms with van der Waals surface area (Å²) in [6.07, 6.45) is -0.369. The van der Waals surface area contributed by atoms with Crippen molar-refractivity contribution in [3.05, 3.63) is 58.7 Å². The van der Waals surface area contributed by atoms with Crippen LogP contribution in [0.25, 0.3) is 0 Å². The van der Waals surface area contributed by atoms with Crippen molar-refractivity contribution in [1.29, 1.82) is 0 Å². The van der Waals surface area contributed by atoms with Crippen molar-refractivity contribution in [2.45, 2.75) is 18.9 Å². The lowest BCUT2D eigenvalue weighted by Gasteiger charge is -2.24. The molecule has 0 spiro atoms. The highest BCUT2D eigenvalue weighted by molar-refractivity contribution is 6.32. The van der Waals surface area contributed by atoms with Crippen LogP contribution in [-0.4, -0.2) is 50.1 Å². The maximum Gasteiger partial charge on any atom is 0.407 e. The number of alkyl carbamates (subject to hydrolysis) is 1. The van der Waals surface area contributed by atoms with Crippen LogP contribution < -0.4 is 14.8 Å². The molecule has 0 heterocycles. The summed E-state index contributed by atoms with van der Waals surface area (Å²) >= 11 is 0. The molecular formula is C22H23NO7. The van der Waals surface area contributed by atoms with Gasteiger partial charge in [-0.15, -0.1) is 0 Å². The number of hydrogen-bond acceptors (Lipinski definition) is 7. The number of nitrogens with one attached hydrogen (secondary N) is 1. The highest BCUT2D eigenvalue weighted by Crippen LogP contribution is 2.42. The Morgan fingerprint density at radius 1 is 1.03 bits per heavy atom. The number of benzene rings is 2. The maximum absolute atomic E-state index is 13.1. The van der Waals surface area contributed by atoms with Crippen LogP contribution in [0, 0.1) is 0 Å². The zero-order valence-corrected chi connectivity index (χ0v) is 17.0. The average Bonchev–Trinajstić information content (AvgIpc) is 2.95. The van der Waals surface area contributed by atoms with Crippen molar-refractivity contribution < 1.29 is 33.7 Å². The van der Waals surface area contributed by atoms with E-state index in [9.17, 15) is 19.5 Å². The Balaban J connectivity index is 2.05. The summed E-state index contributed by atoms with van der Waals surface area (Å²) in [7, 11) is 2.87. The Bertz CT molecular complexity index is 964. The van der Waals surface area contributed by atoms with Crippen molar-refractivity contribution in [3.63, 3.8) is 0 Å². The molecule has 8 nitrogen and oxygen atoms in total. The molecule has 0 atom stereocenters. The van der Waals surface area contributed by atoms with Crippen LogP contribution in [0.5, 0.6) is 11.5 Å². The van der Waals surface area contributed by atoms with Gasteiger partial charge in [-0.1, -0.05) is 24.3 Å². The molecular weight excluding hydrogens is 390 g/mol. The van der Waals surface area contributed by atoms with Crippen LogP contribution in [0.15, 0.2) is 36.4 Å². The molecule has 1 amide bonds. The van der Waals surface area contributed by atoms with E-state index in [0.29, 0.717) is 11.3 Å². The number of ether oxygens (including phenoxy) is 3. The molecule has 30 heavy (non-hydrogen) atoms. The minimum atomic E-state index is -2.39. The molecule has 3 rings (SSSR count). The van der Waals surface area contributed by atoms with E-state index in [0.717, 1.165) is 0 Å². The molecule has 0 bridgehead atoms. The van der Waals surface area contributed by atoms with E-state index in [4.69, 9.17) is 14.2 Å². The molecule has 0 fully saturated rings. The molecule has 8 heteroatoms. The van der Waals surface area contributed by atoms with E-state index in [1.807, 2.05) is 0 Å². The first-order chi connectivity index (χ1) is 14.4. The summed E-state index contributed by atoms with van der Waals surface area (Å²) in [5.74, 6) is -0.768. The highest BCUT2D eigenvalue weighted by atomic mass is 16.5. The number of methoxy groups -OCH3 is 2. The van der Waals surface area contributed by atoms with Gasteiger partial charge in [0.15, 0.2) is 11.5 Å². The number of carbonyl (C=O) groups excluding carboxylic acids is 3. The predicted octanol–water partition coefficient (Wildman–Crippen LogP) is 2.26. The number of fused-ring (bicyclic) bond motifs is 1. The van der Waals surface area contributed by atoms with Crippen molar-refractivity contribution >= 4 is 17.7 Å². The molecule has 2 N–H and O–H groups in total. The Kier molecular flexibility index (Phi) is 6.07. The van der Waals surface area contributed by atoms with E-state index in [1.165, 1.54) is 32.4 Å². The third-order valence-electron chi connectivity index (χ3n) is 5.01. The van der Waals surface area contributed by atoms with E-state index in [1.54, 1.807) is 25.1 Å². The number of hydrogen-bond donors (Lipinski definition) is 2. The molecule has 2 aromatic rings. The topological polar surface area (TPSA) is 111 Å². The largest absolute Gasteiger partial charge is 0.493 e. The second-order valence-corrected chi connectivity index (χ2v) is 6.68. The normalized spacial score (nSPS) is 14.3. The minimum Gasteiger partial charge on any atom is -0.493 e. The van der Waals surface area contributed by atoms with Gasteiger partial charge in [0.1, 0.15) is 0 Å². The third-order valence-corrected chi connectivity index (χ3v) is 5.01. The fraction of sp³-hybridized carbons (Fsp3) is 0.318. The summed E-state index contributed by atoms with van der Waals surface area (Å²) in [5.41, 5.74) is -1.51. The monoisotopic (exact) mass is 413 g/mol. The smallest absolute Gasteiger partial charge is 0.407 e. The first-order valence-corrected chi connectivity index (χ1v) is 9.45. The fourth-order valence-electron chi connectivity index (χ4n) is 3.56. The lowest BCUT2D eigenvalue weighted by atomic mass is 9.84. The second kappa shape index (κ2) is 8.54. The average molecular weight is 413 g/mol. The van der Waals surface area contributed by atoms with Gasteiger partial charge in [-0.05, 0) is 31.0 Å². The van der Waals surface area contributed by atoms with Gasteiger partial charge in [0, 0.05) is 23.2 Å². The van der Waals surface area contributed by atoms with Gasteiger partial charge < -0.3 is 24.6 Å². The molecule has 158 valence electrons. The number of ketones is 2. The van der Waals surface area contributed by atoms with Gasteiger partial charge in [0.2, 0.25) is 17.2 Å². The van der Waals surface area contributed by atoms with Crippen molar-refractivity contribution in [3.8, 4) is 11.5 Å². The maximum atomic E-state index is 13.1. The van der Waals surface area contributed by atoms with Gasteiger partial charge >= 0.3 is 6.09 Å². The molecule has 0 radical (unpaired) electrons. The number of Topliss-reactive ketones (excluding diaryl/α,β-unsaturated/α-hetero) is 2. The molecule has 1 aliphatic rings. The molecule has 0 saturated heterocycles. The fourth-order valence-corrected chi connectivity index (χ4v) is 3.56. The molecule has 0 aliphatic heterocycles. The standard InChI is InChI=1S/C22H23NO7/c1-4-30-21(26)23-10-9-13-11-17(28-2)18(29-3)12-16(13)22(27)19(24)14-7-5-6-8-15(14)20(22)25/h5-8,11-12,27H,4,9-10H2,1-3H3,(H,23,26). The number of rotatable bonds is 7. The molecule has 1 aliphatic carbocycles. The highest BCUT2D eigenvalue weighted by Gasteiger charge is 2.54. The van der Waals surface area contributed by atoms with E-state index in [2.05, 4.69) is 5.32 Å². The van der Waals surface area contributed by atoms with Gasteiger partial charge in [0.05, 0.1) is 20.8 Å². The third kappa shape index (κ3) is 3.50. The van der Waals surface area contributed by atoms with Crippen LogP contribution in [0.2, 0.25) is 0 Å². The van der Waals surface area contributed by atoms with Crippen molar-refractivity contribution in [2.75, 3.05) is 27.4 Å². The van der Waals surface area contributed by atoms with Crippen LogP contribution in [0.4, 0.5) is 4.79 Å². The first kappa shape index (κ1) is 21.3. The Labute approximate surface area is 173 Å². The molecule has 0 saturated carbocycles. The summed E-state index contributed by atoms with van der Waals surface area (Å²) in [4.78, 5) is 37.7. The van der Waals surface area contributed by atoms with Gasteiger partial charge in [0.25, 0.3) is 0 Å². The lowest BCUT2D eigenvalue weighted by Crippen LogP contribution is -2.39. The zero-order chi connectivity index (χ0) is 21.9. The SMILES string of the molecule is CCOC(=O)NCCc1cc(OC)c(OC)cc1C1(O)C(=O)c2ccccc2C1=O. The Morgan fingerprint density at radius 3 is 2.13 bits per heavy atom. The number of carbonyl (C=O) groups is 3. The minimum absolute atomic E-state index is 0.0945. The van der Waals surface area contributed by atoms with E-state index < -0.39 is 23.3 Å². The van der Waals surface area contributed by atoms with Crippen LogP contribution in [0.3, 0.4) is 0 Å². The van der Waals surface area contributed by atoms with E-state index >= 15 is 0 Å². The summed E-state index contributed by atoms with van der Waals surface area (Å²) < 4.78 is 15.5. The van der Waals surface area contributed by atoms with Crippen LogP contribution >= 0.6 is 0 Å². The second-order valence-electron chi connectivity index (χ2n) is 6.68. The van der Waals surface area contributed by atoms with E-state index in [-0.39, 0.29) is 42.0 Å². The zero-order valence-electron chi connectivity index (χ0n) is 17.0. The Hall–Kier alpha value is -3.39. The number of amides is 1. The van der Waals surface area contributed by atoms with Crippen molar-refractivity contribution in [2.24, 2.45) is 0 Å². The quantitative estimate of drug-likeness (QED) is 0.670. The lowest BCUT2D eigenvalue weighted by molar-refractivity contribution is 0.0317. The summed E-state index contributed by atoms with van der Waals surface area (Å²) in [6.45, 7) is 2.08. The summed E-state index contributed by atoms with van der Waals surface area (Å²) in [5, 5.41) is 14.0. The predicted molar refractivity (Wildman–Crippen MR) is 107 cm³/mol. The van der Waals surface area contributed by atoms with Crippen molar-refractivity contribution in [1.82, 2.24) is 5.32 Å². The molecule has 0 aromatic heterocycles. The van der Waals surface area contributed by atoms with Gasteiger partial charge in [-0.25, -0.2) is 4.79 Å². The van der Waals surface area contributed by atoms with Crippen LogP contribution in [-0.2, 0) is 16.8 Å².